The molecule has 1 unspecified atom stereocenters. The van der Waals surface area contributed by atoms with Crippen molar-refractivity contribution in [2.75, 3.05) is 0 Å². The van der Waals surface area contributed by atoms with Crippen LogP contribution in [0.1, 0.15) is 69.2 Å². The van der Waals surface area contributed by atoms with Crippen LogP contribution in [0.4, 0.5) is 0 Å². The van der Waals surface area contributed by atoms with Gasteiger partial charge in [0.2, 0.25) is 0 Å². The first kappa shape index (κ1) is 15.5. The molecule has 0 saturated carbocycles. The van der Waals surface area contributed by atoms with Crippen LogP contribution >= 0.6 is 0 Å². The molecule has 114 valence electrons. The van der Waals surface area contributed by atoms with E-state index in [1.165, 1.54) is 0 Å². The summed E-state index contributed by atoms with van der Waals surface area (Å²) in [6.45, 7) is 10.9. The van der Waals surface area contributed by atoms with Crippen molar-refractivity contribution in [2.45, 2.75) is 53.0 Å². The number of fused-ring (bicyclic) bond motifs is 1. The van der Waals surface area contributed by atoms with Gasteiger partial charge in [0.15, 0.2) is 0 Å². The van der Waals surface area contributed by atoms with Gasteiger partial charge in [-0.3, -0.25) is 0 Å². The van der Waals surface area contributed by atoms with Crippen molar-refractivity contribution in [1.82, 2.24) is 9.55 Å². The van der Waals surface area contributed by atoms with Crippen molar-refractivity contribution in [2.24, 2.45) is 5.92 Å². The lowest BCUT2D eigenvalue weighted by Gasteiger charge is -2.21. The fourth-order valence-corrected chi connectivity index (χ4v) is 2.91. The van der Waals surface area contributed by atoms with E-state index in [0.29, 0.717) is 23.4 Å². The second kappa shape index (κ2) is 5.88. The molecule has 0 saturated heterocycles. The molecule has 1 heterocycles. The molecule has 2 aromatic rings. The maximum absolute atomic E-state index is 11.1. The zero-order valence-electron chi connectivity index (χ0n) is 13.4. The minimum atomic E-state index is -0.909. The highest BCUT2D eigenvalue weighted by Gasteiger charge is 2.19. The van der Waals surface area contributed by atoms with Crippen LogP contribution in [0.5, 0.6) is 0 Å². The highest BCUT2D eigenvalue weighted by atomic mass is 16.4. The third-order valence-corrected chi connectivity index (χ3v) is 3.73. The van der Waals surface area contributed by atoms with Crippen LogP contribution < -0.4 is 0 Å². The van der Waals surface area contributed by atoms with Crippen LogP contribution in [-0.4, -0.2) is 20.6 Å². The van der Waals surface area contributed by atoms with Crippen molar-refractivity contribution < 1.29 is 9.90 Å². The fraction of sp³-hybridized carbons (Fsp3) is 0.529. The first-order valence-corrected chi connectivity index (χ1v) is 7.56. The Hall–Kier alpha value is -1.84. The second-order valence-electron chi connectivity index (χ2n) is 6.48. The average Bonchev–Trinajstić information content (AvgIpc) is 2.76. The number of rotatable bonds is 5. The molecule has 0 amide bonds. The number of carbonyl (C=O) groups is 1. The van der Waals surface area contributed by atoms with Gasteiger partial charge in [-0.25, -0.2) is 9.78 Å². The molecule has 2 rings (SSSR count). The molecule has 4 heteroatoms. The number of aromatic carboxylic acids is 1. The van der Waals surface area contributed by atoms with E-state index in [0.717, 1.165) is 23.3 Å². The van der Waals surface area contributed by atoms with Gasteiger partial charge in [0.25, 0.3) is 0 Å². The number of carboxylic acid groups (broad SMARTS) is 1. The van der Waals surface area contributed by atoms with Crippen molar-refractivity contribution in [3.63, 3.8) is 0 Å². The molecule has 0 radical (unpaired) electrons. The first-order chi connectivity index (χ1) is 9.81. The Morgan fingerprint density at radius 1 is 1.24 bits per heavy atom. The molecule has 1 atom stereocenters. The normalized spacial score (nSPS) is 13.3. The summed E-state index contributed by atoms with van der Waals surface area (Å²) in [5, 5.41) is 9.12. The standard InChI is InChI=1S/C17H24N2O2/c1-10(2)8-12(5)19-15-7-6-13(17(20)21)9-14(15)18-16(19)11(3)4/h6-7,9-12H,8H2,1-5H3,(H,20,21). The molecule has 0 aliphatic heterocycles. The number of aromatic nitrogens is 2. The minimum Gasteiger partial charge on any atom is -0.478 e. The quantitative estimate of drug-likeness (QED) is 0.883. The monoisotopic (exact) mass is 288 g/mol. The predicted molar refractivity (Wildman–Crippen MR) is 84.9 cm³/mol. The van der Waals surface area contributed by atoms with Gasteiger partial charge in [-0.2, -0.15) is 0 Å². The molecular weight excluding hydrogens is 264 g/mol. The Bertz CT molecular complexity index is 656. The molecule has 21 heavy (non-hydrogen) atoms. The molecule has 1 N–H and O–H groups in total. The SMILES string of the molecule is CC(C)CC(C)n1c(C(C)C)nc2cc(C(=O)O)ccc21. The molecule has 1 aromatic carbocycles. The smallest absolute Gasteiger partial charge is 0.335 e. The Morgan fingerprint density at radius 2 is 1.90 bits per heavy atom. The Balaban J connectivity index is 2.60. The molecule has 0 bridgehead atoms. The lowest BCUT2D eigenvalue weighted by atomic mass is 10.0. The number of benzene rings is 1. The summed E-state index contributed by atoms with van der Waals surface area (Å²) in [5.74, 6) is 1.03. The molecule has 1 aromatic heterocycles. The van der Waals surface area contributed by atoms with E-state index >= 15 is 0 Å². The van der Waals surface area contributed by atoms with Crippen molar-refractivity contribution in [1.29, 1.82) is 0 Å². The summed E-state index contributed by atoms with van der Waals surface area (Å²) in [6, 6.07) is 5.56. The number of hydrogen-bond acceptors (Lipinski definition) is 2. The summed E-state index contributed by atoms with van der Waals surface area (Å²) < 4.78 is 2.27. The zero-order chi connectivity index (χ0) is 15.7. The molecule has 4 nitrogen and oxygen atoms in total. The van der Waals surface area contributed by atoms with Crippen LogP contribution in [0.3, 0.4) is 0 Å². The summed E-state index contributed by atoms with van der Waals surface area (Å²) in [7, 11) is 0. The van der Waals surface area contributed by atoms with E-state index < -0.39 is 5.97 Å². The van der Waals surface area contributed by atoms with Crippen LogP contribution in [0.15, 0.2) is 18.2 Å². The first-order valence-electron chi connectivity index (χ1n) is 7.56. The highest BCUT2D eigenvalue weighted by molar-refractivity contribution is 5.92. The Kier molecular flexibility index (Phi) is 4.35. The van der Waals surface area contributed by atoms with Gasteiger partial charge in [0.05, 0.1) is 16.6 Å². The van der Waals surface area contributed by atoms with E-state index in [4.69, 9.17) is 5.11 Å². The Labute approximate surface area is 125 Å². The van der Waals surface area contributed by atoms with Crippen molar-refractivity contribution >= 4 is 17.0 Å². The van der Waals surface area contributed by atoms with E-state index in [9.17, 15) is 4.79 Å². The van der Waals surface area contributed by atoms with Crippen molar-refractivity contribution in [3.8, 4) is 0 Å². The van der Waals surface area contributed by atoms with E-state index in [1.807, 2.05) is 6.07 Å². The van der Waals surface area contributed by atoms with Gasteiger partial charge in [-0.15, -0.1) is 0 Å². The van der Waals surface area contributed by atoms with Gasteiger partial charge in [-0.1, -0.05) is 27.7 Å². The van der Waals surface area contributed by atoms with Gasteiger partial charge in [0.1, 0.15) is 5.82 Å². The number of nitrogens with zero attached hydrogens (tertiary/aromatic N) is 2. The van der Waals surface area contributed by atoms with E-state index in [1.54, 1.807) is 12.1 Å². The summed E-state index contributed by atoms with van der Waals surface area (Å²) in [5.41, 5.74) is 2.09. The molecule has 0 aliphatic carbocycles. The zero-order valence-corrected chi connectivity index (χ0v) is 13.4. The second-order valence-corrected chi connectivity index (χ2v) is 6.48. The average molecular weight is 288 g/mol. The number of imidazole rings is 1. The predicted octanol–water partition coefficient (Wildman–Crippen LogP) is 4.47. The van der Waals surface area contributed by atoms with E-state index in [-0.39, 0.29) is 0 Å². The van der Waals surface area contributed by atoms with Crippen LogP contribution in [-0.2, 0) is 0 Å². The van der Waals surface area contributed by atoms with Crippen LogP contribution in [0, 0.1) is 5.92 Å². The summed E-state index contributed by atoms with van der Waals surface area (Å²) in [4.78, 5) is 15.8. The highest BCUT2D eigenvalue weighted by Crippen LogP contribution is 2.29. The fourth-order valence-electron chi connectivity index (χ4n) is 2.91. The lowest BCUT2D eigenvalue weighted by Crippen LogP contribution is -2.12. The van der Waals surface area contributed by atoms with Crippen LogP contribution in [0.2, 0.25) is 0 Å². The lowest BCUT2D eigenvalue weighted by molar-refractivity contribution is 0.0697. The van der Waals surface area contributed by atoms with Gasteiger partial charge in [-0.05, 0) is 37.5 Å². The largest absolute Gasteiger partial charge is 0.478 e. The molecule has 0 fully saturated rings. The van der Waals surface area contributed by atoms with Gasteiger partial charge in [0, 0.05) is 12.0 Å². The Morgan fingerprint density at radius 3 is 2.43 bits per heavy atom. The molecule has 0 aliphatic rings. The topological polar surface area (TPSA) is 55.1 Å². The number of hydrogen-bond donors (Lipinski definition) is 1. The maximum Gasteiger partial charge on any atom is 0.335 e. The molecule has 0 spiro atoms. The summed E-state index contributed by atoms with van der Waals surface area (Å²) >= 11 is 0. The third kappa shape index (κ3) is 3.09. The molecular formula is C17H24N2O2. The summed E-state index contributed by atoms with van der Waals surface area (Å²) in [6.07, 6.45) is 1.08. The van der Waals surface area contributed by atoms with E-state index in [2.05, 4.69) is 44.2 Å². The van der Waals surface area contributed by atoms with Crippen molar-refractivity contribution in [3.05, 3.63) is 29.6 Å². The van der Waals surface area contributed by atoms with Crippen LogP contribution in [0.25, 0.3) is 11.0 Å². The number of carboxylic acids is 1. The third-order valence-electron chi connectivity index (χ3n) is 3.73. The minimum absolute atomic E-state index is 0.291. The maximum atomic E-state index is 11.1. The van der Waals surface area contributed by atoms with Gasteiger partial charge < -0.3 is 9.67 Å². The van der Waals surface area contributed by atoms with Gasteiger partial charge >= 0.3 is 5.97 Å².